The Morgan fingerprint density at radius 3 is 2.47 bits per heavy atom. The Hall–Kier alpha value is -1.35. The summed E-state index contributed by atoms with van der Waals surface area (Å²) in [7, 11) is 0. The summed E-state index contributed by atoms with van der Waals surface area (Å²) in [6, 6.07) is 7.77. The molecular formula is C14H22N2O. The SMILES string of the molecule is CCCC(N)C(=O)N[C@H](C)c1ccc(C)cc1. The van der Waals surface area contributed by atoms with Crippen LogP contribution in [0.3, 0.4) is 0 Å². The average Bonchev–Trinajstić information content (AvgIpc) is 2.30. The van der Waals surface area contributed by atoms with Gasteiger partial charge in [-0.05, 0) is 25.8 Å². The van der Waals surface area contributed by atoms with E-state index in [1.165, 1.54) is 5.56 Å². The van der Waals surface area contributed by atoms with E-state index in [1.54, 1.807) is 0 Å². The van der Waals surface area contributed by atoms with Crippen molar-refractivity contribution >= 4 is 5.91 Å². The first kappa shape index (κ1) is 13.7. The second-order valence-electron chi connectivity index (χ2n) is 4.54. The molecule has 1 amide bonds. The van der Waals surface area contributed by atoms with Crippen molar-refractivity contribution in [3.8, 4) is 0 Å². The molecule has 0 saturated carbocycles. The van der Waals surface area contributed by atoms with Gasteiger partial charge in [0.25, 0.3) is 0 Å². The Morgan fingerprint density at radius 1 is 1.35 bits per heavy atom. The summed E-state index contributed by atoms with van der Waals surface area (Å²) in [5.74, 6) is -0.0695. The zero-order valence-electron chi connectivity index (χ0n) is 10.9. The predicted octanol–water partition coefficient (Wildman–Crippen LogP) is 2.30. The molecule has 1 aromatic carbocycles. The molecule has 0 saturated heterocycles. The minimum absolute atomic E-state index is 0.00556. The van der Waals surface area contributed by atoms with Crippen LogP contribution in [0.1, 0.15) is 43.9 Å². The van der Waals surface area contributed by atoms with Gasteiger partial charge in [-0.15, -0.1) is 0 Å². The molecule has 0 fully saturated rings. The Labute approximate surface area is 103 Å². The zero-order chi connectivity index (χ0) is 12.8. The van der Waals surface area contributed by atoms with E-state index >= 15 is 0 Å². The molecule has 0 aliphatic carbocycles. The highest BCUT2D eigenvalue weighted by atomic mass is 16.2. The van der Waals surface area contributed by atoms with Crippen LogP contribution >= 0.6 is 0 Å². The lowest BCUT2D eigenvalue weighted by atomic mass is 10.1. The molecule has 17 heavy (non-hydrogen) atoms. The van der Waals surface area contributed by atoms with Gasteiger partial charge in [-0.2, -0.15) is 0 Å². The monoisotopic (exact) mass is 234 g/mol. The normalized spacial score (nSPS) is 14.1. The van der Waals surface area contributed by atoms with Crippen LogP contribution in [0, 0.1) is 6.92 Å². The number of carbonyl (C=O) groups excluding carboxylic acids is 1. The van der Waals surface area contributed by atoms with Crippen molar-refractivity contribution in [3.05, 3.63) is 35.4 Å². The molecule has 0 aromatic heterocycles. The maximum atomic E-state index is 11.7. The number of aryl methyl sites for hydroxylation is 1. The van der Waals surface area contributed by atoms with Gasteiger partial charge < -0.3 is 11.1 Å². The number of benzene rings is 1. The molecule has 0 aliphatic rings. The fraction of sp³-hybridized carbons (Fsp3) is 0.500. The average molecular weight is 234 g/mol. The van der Waals surface area contributed by atoms with Crippen LogP contribution in [0.5, 0.6) is 0 Å². The summed E-state index contributed by atoms with van der Waals surface area (Å²) >= 11 is 0. The molecule has 3 N–H and O–H groups in total. The first-order valence-electron chi connectivity index (χ1n) is 6.17. The highest BCUT2D eigenvalue weighted by Gasteiger charge is 2.15. The standard InChI is InChI=1S/C14H22N2O/c1-4-5-13(15)14(17)16-11(3)12-8-6-10(2)7-9-12/h6-9,11,13H,4-5,15H2,1-3H3,(H,16,17)/t11-,13?/m1/s1. The van der Waals surface area contributed by atoms with E-state index in [4.69, 9.17) is 5.73 Å². The highest BCUT2D eigenvalue weighted by Crippen LogP contribution is 2.13. The van der Waals surface area contributed by atoms with E-state index in [2.05, 4.69) is 5.32 Å². The van der Waals surface area contributed by atoms with Crippen LogP contribution in [0.25, 0.3) is 0 Å². The lowest BCUT2D eigenvalue weighted by Gasteiger charge is -2.17. The summed E-state index contributed by atoms with van der Waals surface area (Å²) in [5.41, 5.74) is 8.09. The lowest BCUT2D eigenvalue weighted by molar-refractivity contribution is -0.123. The second kappa shape index (κ2) is 6.40. The van der Waals surface area contributed by atoms with E-state index in [0.29, 0.717) is 0 Å². The molecule has 1 unspecified atom stereocenters. The van der Waals surface area contributed by atoms with Crippen molar-refractivity contribution in [2.24, 2.45) is 5.73 Å². The van der Waals surface area contributed by atoms with E-state index < -0.39 is 6.04 Å². The number of hydrogen-bond acceptors (Lipinski definition) is 2. The Kier molecular flexibility index (Phi) is 5.16. The van der Waals surface area contributed by atoms with Gasteiger partial charge in [0.15, 0.2) is 0 Å². The van der Waals surface area contributed by atoms with Crippen molar-refractivity contribution in [1.82, 2.24) is 5.32 Å². The van der Waals surface area contributed by atoms with E-state index in [9.17, 15) is 4.79 Å². The van der Waals surface area contributed by atoms with Crippen LogP contribution in [0.4, 0.5) is 0 Å². The van der Waals surface area contributed by atoms with Crippen molar-refractivity contribution in [3.63, 3.8) is 0 Å². The summed E-state index contributed by atoms with van der Waals surface area (Å²) in [5, 5.41) is 2.94. The van der Waals surface area contributed by atoms with Crippen LogP contribution in [-0.2, 0) is 4.79 Å². The molecule has 0 spiro atoms. The molecule has 94 valence electrons. The van der Waals surface area contributed by atoms with Gasteiger partial charge in [-0.3, -0.25) is 4.79 Å². The molecule has 0 aliphatic heterocycles. The quantitative estimate of drug-likeness (QED) is 0.821. The van der Waals surface area contributed by atoms with Gasteiger partial charge in [0.1, 0.15) is 0 Å². The lowest BCUT2D eigenvalue weighted by Crippen LogP contribution is -2.41. The molecule has 1 aromatic rings. The number of amides is 1. The Bertz CT molecular complexity index is 359. The van der Waals surface area contributed by atoms with Gasteiger partial charge >= 0.3 is 0 Å². The smallest absolute Gasteiger partial charge is 0.237 e. The second-order valence-corrected chi connectivity index (χ2v) is 4.54. The van der Waals surface area contributed by atoms with Gasteiger partial charge in [0, 0.05) is 0 Å². The zero-order valence-corrected chi connectivity index (χ0v) is 10.9. The first-order valence-corrected chi connectivity index (χ1v) is 6.17. The molecule has 3 heteroatoms. The van der Waals surface area contributed by atoms with Crippen LogP contribution in [-0.4, -0.2) is 11.9 Å². The van der Waals surface area contributed by atoms with Crippen molar-refractivity contribution in [1.29, 1.82) is 0 Å². The maximum absolute atomic E-state index is 11.7. The topological polar surface area (TPSA) is 55.1 Å². The fourth-order valence-electron chi connectivity index (χ4n) is 1.70. The van der Waals surface area contributed by atoms with Crippen molar-refractivity contribution in [2.45, 2.75) is 45.7 Å². The third kappa shape index (κ3) is 4.19. The molecular weight excluding hydrogens is 212 g/mol. The van der Waals surface area contributed by atoms with Crippen molar-refractivity contribution in [2.75, 3.05) is 0 Å². The van der Waals surface area contributed by atoms with Crippen LogP contribution in [0.15, 0.2) is 24.3 Å². The van der Waals surface area contributed by atoms with E-state index in [1.807, 2.05) is 45.0 Å². The summed E-state index contributed by atoms with van der Waals surface area (Å²) in [6.45, 7) is 6.04. The minimum atomic E-state index is -0.395. The minimum Gasteiger partial charge on any atom is -0.348 e. The molecule has 0 heterocycles. The molecule has 0 bridgehead atoms. The Balaban J connectivity index is 2.57. The van der Waals surface area contributed by atoms with Gasteiger partial charge in [0.05, 0.1) is 12.1 Å². The number of rotatable bonds is 5. The van der Waals surface area contributed by atoms with Gasteiger partial charge in [-0.25, -0.2) is 0 Å². The highest BCUT2D eigenvalue weighted by molar-refractivity contribution is 5.81. The maximum Gasteiger partial charge on any atom is 0.237 e. The largest absolute Gasteiger partial charge is 0.348 e. The third-order valence-corrected chi connectivity index (χ3v) is 2.87. The van der Waals surface area contributed by atoms with Gasteiger partial charge in [-0.1, -0.05) is 43.2 Å². The number of hydrogen-bond donors (Lipinski definition) is 2. The van der Waals surface area contributed by atoms with E-state index in [-0.39, 0.29) is 11.9 Å². The van der Waals surface area contributed by atoms with Crippen LogP contribution < -0.4 is 11.1 Å². The number of carbonyl (C=O) groups is 1. The first-order chi connectivity index (χ1) is 8.04. The summed E-state index contributed by atoms with van der Waals surface area (Å²) in [4.78, 5) is 11.7. The molecule has 3 nitrogen and oxygen atoms in total. The van der Waals surface area contributed by atoms with Crippen molar-refractivity contribution < 1.29 is 4.79 Å². The predicted molar refractivity (Wildman–Crippen MR) is 70.6 cm³/mol. The Morgan fingerprint density at radius 2 is 1.94 bits per heavy atom. The molecule has 0 radical (unpaired) electrons. The number of nitrogens with two attached hydrogens (primary N) is 1. The fourth-order valence-corrected chi connectivity index (χ4v) is 1.70. The number of nitrogens with one attached hydrogen (secondary N) is 1. The van der Waals surface area contributed by atoms with Crippen LogP contribution in [0.2, 0.25) is 0 Å². The van der Waals surface area contributed by atoms with E-state index in [0.717, 1.165) is 18.4 Å². The molecule has 2 atom stereocenters. The summed E-state index contributed by atoms with van der Waals surface area (Å²) < 4.78 is 0. The van der Waals surface area contributed by atoms with Gasteiger partial charge in [0.2, 0.25) is 5.91 Å². The third-order valence-electron chi connectivity index (χ3n) is 2.87. The molecule has 1 rings (SSSR count). The summed E-state index contributed by atoms with van der Waals surface area (Å²) in [6.07, 6.45) is 1.65.